The highest BCUT2D eigenvalue weighted by molar-refractivity contribution is 5.92. The maximum atomic E-state index is 6.22. The lowest BCUT2D eigenvalue weighted by Crippen LogP contribution is -2.48. The Kier molecular flexibility index (Phi) is 4.38. The second-order valence-electron chi connectivity index (χ2n) is 9.24. The summed E-state index contributed by atoms with van der Waals surface area (Å²) in [5.74, 6) is 2.15. The number of anilines is 1. The molecule has 2 fully saturated rings. The summed E-state index contributed by atoms with van der Waals surface area (Å²) in [5, 5.41) is 5.61. The maximum Gasteiger partial charge on any atom is 0.232 e. The molecule has 9 nitrogen and oxygen atoms in total. The van der Waals surface area contributed by atoms with E-state index < -0.39 is 0 Å². The number of nitrogens with two attached hydrogens (primary N) is 1. The van der Waals surface area contributed by atoms with Crippen LogP contribution in [0.2, 0.25) is 0 Å². The molecule has 0 amide bonds. The number of morpholine rings is 1. The summed E-state index contributed by atoms with van der Waals surface area (Å²) in [6.45, 7) is 6.42. The van der Waals surface area contributed by atoms with Gasteiger partial charge in [-0.25, -0.2) is 14.5 Å². The van der Waals surface area contributed by atoms with Crippen LogP contribution in [-0.2, 0) is 4.74 Å². The van der Waals surface area contributed by atoms with E-state index in [0.29, 0.717) is 18.2 Å². The Hall–Kier alpha value is -3.17. The lowest BCUT2D eigenvalue weighted by atomic mass is 9.90. The Morgan fingerprint density at radius 1 is 1.19 bits per heavy atom. The van der Waals surface area contributed by atoms with E-state index in [4.69, 9.17) is 19.6 Å². The molecule has 0 spiro atoms. The molecule has 0 bridgehead atoms. The second kappa shape index (κ2) is 7.18. The first-order valence-corrected chi connectivity index (χ1v) is 11.0. The third-order valence-corrected chi connectivity index (χ3v) is 6.16. The number of imidazole rings is 1. The molecule has 4 aromatic heterocycles. The van der Waals surface area contributed by atoms with E-state index in [-0.39, 0.29) is 17.7 Å². The van der Waals surface area contributed by atoms with Gasteiger partial charge in [-0.05, 0) is 44.9 Å². The van der Waals surface area contributed by atoms with Crippen LogP contribution >= 0.6 is 0 Å². The van der Waals surface area contributed by atoms with Gasteiger partial charge in [0.1, 0.15) is 23.2 Å². The molecule has 5 heterocycles. The zero-order valence-corrected chi connectivity index (χ0v) is 18.2. The number of nitrogens with zero attached hydrogens (tertiary/aromatic N) is 5. The van der Waals surface area contributed by atoms with Crippen molar-refractivity contribution in [1.82, 2.24) is 19.6 Å². The summed E-state index contributed by atoms with van der Waals surface area (Å²) in [7, 11) is 0. The number of pyridine rings is 1. The number of ether oxygens (including phenoxy) is 2. The Morgan fingerprint density at radius 3 is 2.88 bits per heavy atom. The Balaban J connectivity index is 1.37. The van der Waals surface area contributed by atoms with Gasteiger partial charge in [-0.3, -0.25) is 0 Å². The monoisotopic (exact) mass is 434 g/mol. The summed E-state index contributed by atoms with van der Waals surface area (Å²) < 4.78 is 19.8. The molecule has 4 aromatic rings. The van der Waals surface area contributed by atoms with E-state index in [2.05, 4.69) is 33.8 Å². The van der Waals surface area contributed by atoms with Crippen molar-refractivity contribution < 1.29 is 13.9 Å². The molecular weight excluding hydrogens is 408 g/mol. The van der Waals surface area contributed by atoms with E-state index in [0.717, 1.165) is 54.1 Å². The Morgan fingerprint density at radius 2 is 2.06 bits per heavy atom. The maximum absolute atomic E-state index is 6.22. The summed E-state index contributed by atoms with van der Waals surface area (Å²) >= 11 is 0. The molecule has 0 radical (unpaired) electrons. The highest BCUT2D eigenvalue weighted by atomic mass is 16.5. The first-order valence-electron chi connectivity index (χ1n) is 11.0. The minimum absolute atomic E-state index is 0.125. The Labute approximate surface area is 185 Å². The van der Waals surface area contributed by atoms with Crippen LogP contribution in [0.5, 0.6) is 5.88 Å². The fraction of sp³-hybridized carbons (Fsp3) is 0.435. The third-order valence-electron chi connectivity index (χ3n) is 6.16. The van der Waals surface area contributed by atoms with Crippen LogP contribution in [0, 0.1) is 0 Å². The average Bonchev–Trinajstić information content (AvgIpc) is 3.35. The predicted molar refractivity (Wildman–Crippen MR) is 120 cm³/mol. The summed E-state index contributed by atoms with van der Waals surface area (Å²) in [6, 6.07) is 7.87. The van der Waals surface area contributed by atoms with Crippen molar-refractivity contribution in [3.8, 4) is 17.3 Å². The molecule has 2 aliphatic rings. The molecule has 1 aliphatic carbocycles. The van der Waals surface area contributed by atoms with Crippen molar-refractivity contribution in [2.24, 2.45) is 5.73 Å². The first-order chi connectivity index (χ1) is 15.4. The van der Waals surface area contributed by atoms with Crippen LogP contribution in [-0.4, -0.2) is 57.0 Å². The fourth-order valence-electron chi connectivity index (χ4n) is 4.48. The molecule has 0 atom stereocenters. The molecule has 1 saturated carbocycles. The molecule has 1 aliphatic heterocycles. The number of fused-ring (bicyclic) bond motifs is 2. The van der Waals surface area contributed by atoms with Gasteiger partial charge in [-0.15, -0.1) is 5.10 Å². The van der Waals surface area contributed by atoms with E-state index >= 15 is 0 Å². The molecular formula is C23H26N6O3. The average molecular weight is 435 g/mol. The van der Waals surface area contributed by atoms with E-state index in [1.54, 1.807) is 16.9 Å². The smallest absolute Gasteiger partial charge is 0.232 e. The van der Waals surface area contributed by atoms with Gasteiger partial charge in [0, 0.05) is 31.4 Å². The van der Waals surface area contributed by atoms with Crippen molar-refractivity contribution in [3.05, 3.63) is 36.7 Å². The standard InChI is InChI=1S/C23H26N6O3/c1-23(2)13-28(7-8-30-23)22-16-11-19(32-18(16)5-6-25-22)17-12-26-20-3-4-21(27-29(17)20)31-15-9-14(24)10-15/h3-6,11-12,14-15H,7-10,13,24H2,1-2H3. The van der Waals surface area contributed by atoms with Crippen LogP contribution in [0.15, 0.2) is 41.1 Å². The highest BCUT2D eigenvalue weighted by Crippen LogP contribution is 2.34. The van der Waals surface area contributed by atoms with Crippen molar-refractivity contribution in [3.63, 3.8) is 0 Å². The lowest BCUT2D eigenvalue weighted by Gasteiger charge is -2.38. The zero-order valence-electron chi connectivity index (χ0n) is 18.2. The summed E-state index contributed by atoms with van der Waals surface area (Å²) in [4.78, 5) is 11.4. The molecule has 9 heteroatoms. The largest absolute Gasteiger partial charge is 0.473 e. The summed E-state index contributed by atoms with van der Waals surface area (Å²) in [5.41, 5.74) is 7.92. The van der Waals surface area contributed by atoms with Gasteiger partial charge in [0.05, 0.1) is 23.8 Å². The highest BCUT2D eigenvalue weighted by Gasteiger charge is 2.30. The topological polar surface area (TPSA) is 104 Å². The predicted octanol–water partition coefficient (Wildman–Crippen LogP) is 3.02. The van der Waals surface area contributed by atoms with Gasteiger partial charge in [0.15, 0.2) is 11.4 Å². The number of hydrogen-bond donors (Lipinski definition) is 1. The quantitative estimate of drug-likeness (QED) is 0.523. The second-order valence-corrected chi connectivity index (χ2v) is 9.24. The van der Waals surface area contributed by atoms with Gasteiger partial charge in [-0.1, -0.05) is 0 Å². The normalized spacial score (nSPS) is 22.9. The van der Waals surface area contributed by atoms with E-state index in [1.807, 2.05) is 24.3 Å². The number of aromatic nitrogens is 4. The van der Waals surface area contributed by atoms with Crippen LogP contribution < -0.4 is 15.4 Å². The van der Waals surface area contributed by atoms with Crippen LogP contribution in [0.1, 0.15) is 26.7 Å². The van der Waals surface area contributed by atoms with Gasteiger partial charge in [0.2, 0.25) is 5.88 Å². The van der Waals surface area contributed by atoms with Gasteiger partial charge >= 0.3 is 0 Å². The van der Waals surface area contributed by atoms with E-state index in [9.17, 15) is 0 Å². The number of rotatable bonds is 4. The number of hydrogen-bond acceptors (Lipinski definition) is 8. The van der Waals surface area contributed by atoms with Crippen LogP contribution in [0.4, 0.5) is 5.82 Å². The molecule has 0 unspecified atom stereocenters. The SMILES string of the molecule is CC1(C)CN(c2nccc3oc(-c4cnc5ccc(OC6CC(N)C6)nn45)cc23)CCO1. The minimum atomic E-state index is -0.221. The minimum Gasteiger partial charge on any atom is -0.473 e. The number of furan rings is 1. The van der Waals surface area contributed by atoms with Crippen molar-refractivity contribution in [2.75, 3.05) is 24.6 Å². The van der Waals surface area contributed by atoms with Crippen molar-refractivity contribution in [2.45, 2.75) is 44.4 Å². The van der Waals surface area contributed by atoms with Crippen LogP contribution in [0.3, 0.4) is 0 Å². The lowest BCUT2D eigenvalue weighted by molar-refractivity contribution is -0.0278. The molecule has 166 valence electrons. The molecule has 32 heavy (non-hydrogen) atoms. The van der Waals surface area contributed by atoms with Gasteiger partial charge < -0.3 is 24.5 Å². The van der Waals surface area contributed by atoms with Gasteiger partial charge in [0.25, 0.3) is 0 Å². The third kappa shape index (κ3) is 3.37. The molecule has 6 rings (SSSR count). The zero-order chi connectivity index (χ0) is 21.9. The van der Waals surface area contributed by atoms with Crippen molar-refractivity contribution >= 4 is 22.4 Å². The summed E-state index contributed by atoms with van der Waals surface area (Å²) in [6.07, 6.45) is 5.39. The van der Waals surface area contributed by atoms with E-state index in [1.165, 1.54) is 0 Å². The van der Waals surface area contributed by atoms with Crippen LogP contribution in [0.25, 0.3) is 28.1 Å². The molecule has 2 N–H and O–H groups in total. The molecule has 1 saturated heterocycles. The first kappa shape index (κ1) is 19.5. The fourth-order valence-corrected chi connectivity index (χ4v) is 4.48. The molecule has 0 aromatic carbocycles. The Bertz CT molecular complexity index is 1290. The van der Waals surface area contributed by atoms with Gasteiger partial charge in [-0.2, -0.15) is 0 Å². The van der Waals surface area contributed by atoms with Crippen molar-refractivity contribution in [1.29, 1.82) is 0 Å².